The number of aliphatic carboxylic acids is 1. The number of carbonyl (C=O) groups is 2. The highest BCUT2D eigenvalue weighted by Crippen LogP contribution is 2.52. The first-order valence-corrected chi connectivity index (χ1v) is 8.88. The van der Waals surface area contributed by atoms with E-state index >= 15 is 0 Å². The lowest BCUT2D eigenvalue weighted by atomic mass is 9.73. The van der Waals surface area contributed by atoms with Gasteiger partial charge in [0.1, 0.15) is 6.61 Å². The summed E-state index contributed by atoms with van der Waals surface area (Å²) in [7, 11) is 0. The first-order chi connectivity index (χ1) is 11.0. The Hall–Kier alpha value is -1.69. The van der Waals surface area contributed by atoms with E-state index < -0.39 is 18.0 Å². The SMILES string of the molecule is CC1SCCC12CN(C(=O)OCc1ccccc1)CC2C(=O)O. The summed E-state index contributed by atoms with van der Waals surface area (Å²) in [4.78, 5) is 25.6. The summed E-state index contributed by atoms with van der Waals surface area (Å²) in [6.07, 6.45) is 0.430. The van der Waals surface area contributed by atoms with Gasteiger partial charge in [-0.15, -0.1) is 0 Å². The predicted molar refractivity (Wildman–Crippen MR) is 88.3 cm³/mol. The van der Waals surface area contributed by atoms with Crippen LogP contribution < -0.4 is 0 Å². The van der Waals surface area contributed by atoms with Gasteiger partial charge in [0.25, 0.3) is 0 Å². The molecule has 3 unspecified atom stereocenters. The number of likely N-dealkylation sites (tertiary alicyclic amines) is 1. The molecule has 5 nitrogen and oxygen atoms in total. The number of thioether (sulfide) groups is 1. The molecule has 2 aliphatic rings. The van der Waals surface area contributed by atoms with Gasteiger partial charge < -0.3 is 14.7 Å². The van der Waals surface area contributed by atoms with Crippen molar-refractivity contribution in [1.82, 2.24) is 4.90 Å². The van der Waals surface area contributed by atoms with E-state index in [4.69, 9.17) is 4.74 Å². The van der Waals surface area contributed by atoms with Crippen LogP contribution in [0.3, 0.4) is 0 Å². The molecule has 2 saturated heterocycles. The van der Waals surface area contributed by atoms with Crippen molar-refractivity contribution in [3.8, 4) is 0 Å². The van der Waals surface area contributed by atoms with Gasteiger partial charge in [0.05, 0.1) is 5.92 Å². The Balaban J connectivity index is 1.67. The number of nitrogens with zero attached hydrogens (tertiary/aromatic N) is 1. The molecular formula is C17H21NO4S. The first kappa shape index (κ1) is 16.2. The van der Waals surface area contributed by atoms with Crippen LogP contribution in [0.2, 0.25) is 0 Å². The van der Waals surface area contributed by atoms with Gasteiger partial charge in [-0.1, -0.05) is 37.3 Å². The van der Waals surface area contributed by atoms with Crippen molar-refractivity contribution < 1.29 is 19.4 Å². The lowest BCUT2D eigenvalue weighted by Crippen LogP contribution is -2.39. The Kier molecular flexibility index (Phi) is 4.53. The average Bonchev–Trinajstić information content (AvgIpc) is 3.11. The summed E-state index contributed by atoms with van der Waals surface area (Å²) in [5.41, 5.74) is 0.608. The van der Waals surface area contributed by atoms with Gasteiger partial charge in [-0.3, -0.25) is 4.79 Å². The molecule has 0 aliphatic carbocycles. The maximum Gasteiger partial charge on any atom is 0.410 e. The van der Waals surface area contributed by atoms with E-state index in [2.05, 4.69) is 6.92 Å². The fraction of sp³-hybridized carbons (Fsp3) is 0.529. The summed E-state index contributed by atoms with van der Waals surface area (Å²) in [6, 6.07) is 9.49. The summed E-state index contributed by atoms with van der Waals surface area (Å²) < 4.78 is 5.37. The first-order valence-electron chi connectivity index (χ1n) is 7.83. The molecule has 0 saturated carbocycles. The molecule has 0 bridgehead atoms. The van der Waals surface area contributed by atoms with Crippen LogP contribution in [0.4, 0.5) is 4.79 Å². The van der Waals surface area contributed by atoms with E-state index in [9.17, 15) is 14.7 Å². The molecule has 1 spiro atoms. The second-order valence-electron chi connectivity index (χ2n) is 6.31. The molecule has 1 aromatic rings. The Morgan fingerprint density at radius 3 is 2.74 bits per heavy atom. The summed E-state index contributed by atoms with van der Waals surface area (Å²) in [6.45, 7) is 3.01. The van der Waals surface area contributed by atoms with Gasteiger partial charge in [0, 0.05) is 23.8 Å². The van der Waals surface area contributed by atoms with Crippen LogP contribution in [0.1, 0.15) is 18.9 Å². The van der Waals surface area contributed by atoms with Crippen LogP contribution in [0.25, 0.3) is 0 Å². The van der Waals surface area contributed by atoms with Crippen molar-refractivity contribution in [2.75, 3.05) is 18.8 Å². The zero-order valence-corrected chi connectivity index (χ0v) is 13.9. The van der Waals surface area contributed by atoms with E-state index in [0.29, 0.717) is 6.54 Å². The molecule has 1 aromatic carbocycles. The molecule has 3 atom stereocenters. The lowest BCUT2D eigenvalue weighted by molar-refractivity contribution is -0.144. The van der Waals surface area contributed by atoms with E-state index in [-0.39, 0.29) is 23.8 Å². The predicted octanol–water partition coefficient (Wildman–Crippen LogP) is 2.85. The topological polar surface area (TPSA) is 66.8 Å². The normalized spacial score (nSPS) is 29.9. The van der Waals surface area contributed by atoms with Crippen molar-refractivity contribution in [2.24, 2.45) is 11.3 Å². The van der Waals surface area contributed by atoms with E-state index in [1.807, 2.05) is 30.3 Å². The van der Waals surface area contributed by atoms with Gasteiger partial charge >= 0.3 is 12.1 Å². The molecule has 2 fully saturated rings. The monoisotopic (exact) mass is 335 g/mol. The average molecular weight is 335 g/mol. The highest BCUT2D eigenvalue weighted by molar-refractivity contribution is 8.00. The highest BCUT2D eigenvalue weighted by atomic mass is 32.2. The lowest BCUT2D eigenvalue weighted by Gasteiger charge is -2.31. The zero-order valence-electron chi connectivity index (χ0n) is 13.1. The molecule has 23 heavy (non-hydrogen) atoms. The second kappa shape index (κ2) is 6.43. The van der Waals surface area contributed by atoms with E-state index in [0.717, 1.165) is 17.7 Å². The summed E-state index contributed by atoms with van der Waals surface area (Å²) in [5.74, 6) is -0.354. The quantitative estimate of drug-likeness (QED) is 0.920. The number of carboxylic acid groups (broad SMARTS) is 1. The molecule has 124 valence electrons. The van der Waals surface area contributed by atoms with Gasteiger partial charge in [0.15, 0.2) is 0 Å². The Morgan fingerprint density at radius 2 is 2.13 bits per heavy atom. The third kappa shape index (κ3) is 3.04. The molecule has 3 rings (SSSR count). The maximum atomic E-state index is 12.3. The van der Waals surface area contributed by atoms with E-state index in [1.54, 1.807) is 16.7 Å². The van der Waals surface area contributed by atoms with Crippen LogP contribution in [0.15, 0.2) is 30.3 Å². The number of amides is 1. The van der Waals surface area contributed by atoms with Crippen LogP contribution in [0, 0.1) is 11.3 Å². The largest absolute Gasteiger partial charge is 0.481 e. The molecule has 2 aliphatic heterocycles. The van der Waals surface area contributed by atoms with Crippen LogP contribution in [-0.4, -0.2) is 46.2 Å². The van der Waals surface area contributed by atoms with Crippen molar-refractivity contribution in [3.63, 3.8) is 0 Å². The minimum Gasteiger partial charge on any atom is -0.481 e. The fourth-order valence-corrected chi connectivity index (χ4v) is 5.21. The van der Waals surface area contributed by atoms with Gasteiger partial charge in [-0.25, -0.2) is 4.79 Å². The third-order valence-corrected chi connectivity index (χ3v) is 6.50. The molecule has 0 aromatic heterocycles. The van der Waals surface area contributed by atoms with Gasteiger partial charge in [-0.05, 0) is 17.7 Å². The molecular weight excluding hydrogens is 314 g/mol. The van der Waals surface area contributed by atoms with Crippen molar-refractivity contribution in [3.05, 3.63) is 35.9 Å². The Bertz CT molecular complexity index is 594. The van der Waals surface area contributed by atoms with E-state index in [1.165, 1.54) is 0 Å². The second-order valence-corrected chi connectivity index (χ2v) is 7.76. The zero-order chi connectivity index (χ0) is 16.4. The standard InChI is InChI=1S/C17H21NO4S/c1-12-17(7-8-23-12)11-18(9-14(17)15(19)20)16(21)22-10-13-5-3-2-4-6-13/h2-6,12,14H,7-11H2,1H3,(H,19,20). The maximum absolute atomic E-state index is 12.3. The highest BCUT2D eigenvalue weighted by Gasteiger charge is 2.56. The molecule has 0 radical (unpaired) electrons. The number of carbonyl (C=O) groups excluding carboxylic acids is 1. The number of carboxylic acids is 1. The van der Waals surface area contributed by atoms with Crippen LogP contribution in [-0.2, 0) is 16.1 Å². The number of hydrogen-bond acceptors (Lipinski definition) is 4. The minimum atomic E-state index is -0.808. The number of benzene rings is 1. The molecule has 2 heterocycles. The minimum absolute atomic E-state index is 0.214. The van der Waals surface area contributed by atoms with Crippen molar-refractivity contribution in [2.45, 2.75) is 25.2 Å². The summed E-state index contributed by atoms with van der Waals surface area (Å²) in [5, 5.41) is 9.82. The van der Waals surface area contributed by atoms with Crippen LogP contribution in [0.5, 0.6) is 0 Å². The van der Waals surface area contributed by atoms with Crippen molar-refractivity contribution in [1.29, 1.82) is 0 Å². The Morgan fingerprint density at radius 1 is 1.39 bits per heavy atom. The number of hydrogen-bond donors (Lipinski definition) is 1. The molecule has 1 N–H and O–H groups in total. The fourth-order valence-electron chi connectivity index (χ4n) is 3.67. The summed E-state index contributed by atoms with van der Waals surface area (Å²) >= 11 is 1.80. The van der Waals surface area contributed by atoms with Gasteiger partial charge in [-0.2, -0.15) is 11.8 Å². The molecule has 6 heteroatoms. The van der Waals surface area contributed by atoms with Crippen LogP contribution >= 0.6 is 11.8 Å². The van der Waals surface area contributed by atoms with Crippen molar-refractivity contribution >= 4 is 23.8 Å². The smallest absolute Gasteiger partial charge is 0.410 e. The third-order valence-electron chi connectivity index (χ3n) is 5.09. The Labute approximate surface area is 140 Å². The number of rotatable bonds is 3. The van der Waals surface area contributed by atoms with Gasteiger partial charge in [0.2, 0.25) is 0 Å². The molecule has 1 amide bonds. The number of ether oxygens (including phenoxy) is 1.